The molecule has 1 fully saturated rings. The predicted molar refractivity (Wildman–Crippen MR) is 42.8 cm³/mol. The second kappa shape index (κ2) is 4.31. The molecule has 0 aromatic heterocycles. The van der Waals surface area contributed by atoms with Gasteiger partial charge in [0.15, 0.2) is 0 Å². The first-order chi connectivity index (χ1) is 5.29. The SMILES string of the molecule is NC(=O)[CH]CN1CCNCC1. The van der Waals surface area contributed by atoms with Gasteiger partial charge in [-0.05, 0) is 0 Å². The van der Waals surface area contributed by atoms with Crippen molar-refractivity contribution in [2.24, 2.45) is 5.73 Å². The Morgan fingerprint density at radius 2 is 2.18 bits per heavy atom. The molecule has 0 saturated carbocycles. The molecule has 0 aromatic rings. The van der Waals surface area contributed by atoms with Crippen LogP contribution in [-0.2, 0) is 4.79 Å². The van der Waals surface area contributed by atoms with Gasteiger partial charge in [-0.25, -0.2) is 0 Å². The minimum absolute atomic E-state index is 0.330. The number of hydrogen-bond acceptors (Lipinski definition) is 3. The average Bonchev–Trinajstić information content (AvgIpc) is 2.03. The smallest absolute Gasteiger partial charge is 0.222 e. The Balaban J connectivity index is 2.09. The zero-order valence-electron chi connectivity index (χ0n) is 6.55. The van der Waals surface area contributed by atoms with Crippen LogP contribution in [0.2, 0.25) is 0 Å². The van der Waals surface area contributed by atoms with Crippen molar-refractivity contribution in [1.82, 2.24) is 10.2 Å². The molecule has 0 atom stereocenters. The molecule has 0 bridgehead atoms. The maximum atomic E-state index is 10.4. The van der Waals surface area contributed by atoms with E-state index in [4.69, 9.17) is 5.73 Å². The summed E-state index contributed by atoms with van der Waals surface area (Å²) in [7, 11) is 0. The van der Waals surface area contributed by atoms with Crippen LogP contribution in [0.15, 0.2) is 0 Å². The van der Waals surface area contributed by atoms with Gasteiger partial charge in [-0.2, -0.15) is 0 Å². The fourth-order valence-corrected chi connectivity index (χ4v) is 1.11. The third kappa shape index (κ3) is 3.34. The van der Waals surface area contributed by atoms with Crippen LogP contribution >= 0.6 is 0 Å². The van der Waals surface area contributed by atoms with Gasteiger partial charge in [0, 0.05) is 32.7 Å². The fourth-order valence-electron chi connectivity index (χ4n) is 1.11. The maximum absolute atomic E-state index is 10.4. The summed E-state index contributed by atoms with van der Waals surface area (Å²) in [4.78, 5) is 12.6. The molecule has 3 N–H and O–H groups in total. The lowest BCUT2D eigenvalue weighted by Gasteiger charge is -2.26. The summed E-state index contributed by atoms with van der Waals surface area (Å²) in [6.45, 7) is 4.71. The van der Waals surface area contributed by atoms with Crippen molar-refractivity contribution >= 4 is 5.91 Å². The quantitative estimate of drug-likeness (QED) is 0.527. The molecule has 1 amide bonds. The summed E-state index contributed by atoms with van der Waals surface area (Å²) < 4.78 is 0. The summed E-state index contributed by atoms with van der Waals surface area (Å²) in [6.07, 6.45) is 1.52. The number of piperazine rings is 1. The number of hydrogen-bond donors (Lipinski definition) is 2. The van der Waals surface area contributed by atoms with Gasteiger partial charge in [0.1, 0.15) is 0 Å². The van der Waals surface area contributed by atoms with E-state index < -0.39 is 0 Å². The molecule has 63 valence electrons. The summed E-state index contributed by atoms with van der Waals surface area (Å²) in [5, 5.41) is 3.23. The highest BCUT2D eigenvalue weighted by Crippen LogP contribution is 1.92. The molecule has 0 unspecified atom stereocenters. The Morgan fingerprint density at radius 3 is 2.73 bits per heavy atom. The van der Waals surface area contributed by atoms with Crippen LogP contribution in [0.1, 0.15) is 0 Å². The first-order valence-corrected chi connectivity index (χ1v) is 3.85. The lowest BCUT2D eigenvalue weighted by atomic mass is 10.3. The third-order valence-corrected chi connectivity index (χ3v) is 1.76. The standard InChI is InChI=1S/C7H14N3O/c8-7(11)1-4-10-5-2-9-3-6-10/h1,9H,2-6H2,(H2,8,11). The second-order valence-corrected chi connectivity index (χ2v) is 2.66. The molecule has 11 heavy (non-hydrogen) atoms. The zero-order valence-corrected chi connectivity index (χ0v) is 6.55. The van der Waals surface area contributed by atoms with Gasteiger partial charge in [0.05, 0.1) is 6.42 Å². The molecule has 1 radical (unpaired) electrons. The summed E-state index contributed by atoms with van der Waals surface area (Å²) >= 11 is 0. The molecule has 0 aliphatic carbocycles. The maximum Gasteiger partial charge on any atom is 0.222 e. The van der Waals surface area contributed by atoms with Crippen LogP contribution in [0.5, 0.6) is 0 Å². The molecular formula is C7H14N3O. The molecule has 0 aromatic carbocycles. The molecule has 4 heteroatoms. The van der Waals surface area contributed by atoms with E-state index >= 15 is 0 Å². The van der Waals surface area contributed by atoms with E-state index in [1.54, 1.807) is 0 Å². The number of carbonyl (C=O) groups is 1. The molecule has 4 nitrogen and oxygen atoms in total. The summed E-state index contributed by atoms with van der Waals surface area (Å²) in [5.74, 6) is -0.330. The van der Waals surface area contributed by atoms with Gasteiger partial charge in [-0.1, -0.05) is 0 Å². The van der Waals surface area contributed by atoms with Gasteiger partial charge in [0.25, 0.3) is 0 Å². The lowest BCUT2D eigenvalue weighted by molar-refractivity contribution is -0.115. The predicted octanol–water partition coefficient (Wildman–Crippen LogP) is -1.42. The highest BCUT2D eigenvalue weighted by molar-refractivity contribution is 5.83. The Labute approximate surface area is 66.7 Å². The Kier molecular flexibility index (Phi) is 3.32. The number of primary amides is 1. The monoisotopic (exact) mass is 156 g/mol. The van der Waals surface area contributed by atoms with Gasteiger partial charge in [0.2, 0.25) is 5.91 Å². The van der Waals surface area contributed by atoms with E-state index in [1.165, 1.54) is 6.42 Å². The molecule has 1 rings (SSSR count). The van der Waals surface area contributed by atoms with Crippen molar-refractivity contribution in [3.05, 3.63) is 6.42 Å². The van der Waals surface area contributed by atoms with E-state index in [0.29, 0.717) is 6.54 Å². The van der Waals surface area contributed by atoms with E-state index in [2.05, 4.69) is 10.2 Å². The third-order valence-electron chi connectivity index (χ3n) is 1.76. The minimum atomic E-state index is -0.330. The second-order valence-electron chi connectivity index (χ2n) is 2.66. The van der Waals surface area contributed by atoms with Crippen LogP contribution < -0.4 is 11.1 Å². The lowest BCUT2D eigenvalue weighted by Crippen LogP contribution is -2.44. The Bertz CT molecular complexity index is 132. The average molecular weight is 156 g/mol. The number of amides is 1. The van der Waals surface area contributed by atoms with Crippen LogP contribution in [0, 0.1) is 6.42 Å². The largest absolute Gasteiger partial charge is 0.369 e. The topological polar surface area (TPSA) is 58.4 Å². The number of nitrogens with one attached hydrogen (secondary N) is 1. The number of rotatable bonds is 3. The number of nitrogens with two attached hydrogens (primary N) is 1. The van der Waals surface area contributed by atoms with Crippen molar-refractivity contribution in [3.8, 4) is 0 Å². The molecular weight excluding hydrogens is 142 g/mol. The van der Waals surface area contributed by atoms with Gasteiger partial charge < -0.3 is 11.1 Å². The molecule has 0 spiro atoms. The number of carbonyl (C=O) groups excluding carboxylic acids is 1. The van der Waals surface area contributed by atoms with Crippen molar-refractivity contribution in [2.45, 2.75) is 0 Å². The molecule has 1 aliphatic heterocycles. The van der Waals surface area contributed by atoms with E-state index in [1.807, 2.05) is 0 Å². The molecule has 1 saturated heterocycles. The number of nitrogens with zero attached hydrogens (tertiary/aromatic N) is 1. The zero-order chi connectivity index (χ0) is 8.10. The van der Waals surface area contributed by atoms with Gasteiger partial charge in [-0.3, -0.25) is 9.69 Å². The van der Waals surface area contributed by atoms with E-state index in [0.717, 1.165) is 26.2 Å². The molecule has 1 aliphatic rings. The van der Waals surface area contributed by atoms with E-state index in [9.17, 15) is 4.79 Å². The normalized spacial score (nSPS) is 20.0. The highest BCUT2D eigenvalue weighted by Gasteiger charge is 2.09. The first kappa shape index (κ1) is 8.49. The Morgan fingerprint density at radius 1 is 1.55 bits per heavy atom. The van der Waals surface area contributed by atoms with E-state index in [-0.39, 0.29) is 5.91 Å². The van der Waals surface area contributed by atoms with Gasteiger partial charge >= 0.3 is 0 Å². The highest BCUT2D eigenvalue weighted by atomic mass is 16.1. The minimum Gasteiger partial charge on any atom is -0.369 e. The van der Waals surface area contributed by atoms with Gasteiger partial charge in [-0.15, -0.1) is 0 Å². The fraction of sp³-hybridized carbons (Fsp3) is 0.714. The van der Waals surface area contributed by atoms with Crippen LogP contribution in [0.25, 0.3) is 0 Å². The van der Waals surface area contributed by atoms with Crippen LogP contribution in [0.3, 0.4) is 0 Å². The molecule has 1 heterocycles. The van der Waals surface area contributed by atoms with Crippen molar-refractivity contribution in [2.75, 3.05) is 32.7 Å². The summed E-state index contributed by atoms with van der Waals surface area (Å²) in [6, 6.07) is 0. The van der Waals surface area contributed by atoms with Crippen molar-refractivity contribution in [1.29, 1.82) is 0 Å². The summed E-state index contributed by atoms with van der Waals surface area (Å²) in [5.41, 5.74) is 4.97. The van der Waals surface area contributed by atoms with Crippen molar-refractivity contribution < 1.29 is 4.79 Å². The van der Waals surface area contributed by atoms with Crippen molar-refractivity contribution in [3.63, 3.8) is 0 Å². The van der Waals surface area contributed by atoms with Crippen LogP contribution in [0.4, 0.5) is 0 Å². The first-order valence-electron chi connectivity index (χ1n) is 3.85. The Hall–Kier alpha value is -0.610. The van der Waals surface area contributed by atoms with Crippen LogP contribution in [-0.4, -0.2) is 43.5 Å².